The molecule has 0 N–H and O–H groups in total. The highest BCUT2D eigenvalue weighted by molar-refractivity contribution is 6.44. The molecular weight excluding hydrogens is 439 g/mol. The summed E-state index contributed by atoms with van der Waals surface area (Å²) in [4.78, 5) is 41.1. The van der Waals surface area contributed by atoms with Gasteiger partial charge in [-0.3, -0.25) is 14.4 Å². The first-order valence-corrected chi connectivity index (χ1v) is 11.2. The molecule has 4 rings (SSSR count). The second-order valence-corrected chi connectivity index (χ2v) is 8.80. The minimum Gasteiger partial charge on any atom is -0.496 e. The smallest absolute Gasteiger partial charge is 0.297 e. The first-order chi connectivity index (χ1) is 16.3. The summed E-state index contributed by atoms with van der Waals surface area (Å²) in [5.41, 5.74) is 1.41. The van der Waals surface area contributed by atoms with Crippen molar-refractivity contribution in [3.05, 3.63) is 65.4 Å². The first kappa shape index (κ1) is 23.5. The summed E-state index contributed by atoms with van der Waals surface area (Å²) in [5.74, 6) is -1.23. The van der Waals surface area contributed by atoms with Gasteiger partial charge in [0.1, 0.15) is 11.6 Å². The van der Waals surface area contributed by atoms with Crippen molar-refractivity contribution in [3.63, 3.8) is 0 Å². The Bertz CT molecular complexity index is 1220. The van der Waals surface area contributed by atoms with Gasteiger partial charge in [-0.25, -0.2) is 4.39 Å². The Labute approximate surface area is 197 Å². The second kappa shape index (κ2) is 9.67. The van der Waals surface area contributed by atoms with E-state index in [0.29, 0.717) is 41.1 Å². The fourth-order valence-corrected chi connectivity index (χ4v) is 4.35. The Morgan fingerprint density at radius 1 is 1.12 bits per heavy atom. The van der Waals surface area contributed by atoms with Gasteiger partial charge in [-0.1, -0.05) is 12.1 Å². The second-order valence-electron chi connectivity index (χ2n) is 8.80. The van der Waals surface area contributed by atoms with Crippen LogP contribution in [0, 0.1) is 11.7 Å². The Morgan fingerprint density at radius 3 is 2.41 bits per heavy atom. The van der Waals surface area contributed by atoms with Crippen molar-refractivity contribution in [2.75, 3.05) is 34.3 Å². The Kier molecular flexibility index (Phi) is 6.68. The van der Waals surface area contributed by atoms with Crippen molar-refractivity contribution in [2.45, 2.75) is 19.3 Å². The molecule has 7 nitrogen and oxygen atoms in total. The molecule has 8 heteroatoms. The number of piperidine rings is 1. The van der Waals surface area contributed by atoms with Gasteiger partial charge < -0.3 is 19.0 Å². The number of amides is 2. The van der Waals surface area contributed by atoms with E-state index >= 15 is 0 Å². The molecule has 34 heavy (non-hydrogen) atoms. The lowest BCUT2D eigenvalue weighted by Gasteiger charge is -2.32. The van der Waals surface area contributed by atoms with Crippen molar-refractivity contribution in [2.24, 2.45) is 5.92 Å². The standard InChI is InChI=1S/C26H27FN2O5/c1-28(2)26(32)23(30)24-20-14-21(22(33-3)13-18(20)15-34-24)25(31)29-10-8-17(9-11-29)12-16-4-6-19(27)7-5-16/h4-7,13-15,17H,8-12H2,1-3H3. The van der Waals surface area contributed by atoms with Crippen LogP contribution in [0.4, 0.5) is 4.39 Å². The molecule has 1 saturated heterocycles. The number of benzene rings is 2. The normalized spacial score (nSPS) is 14.3. The maximum Gasteiger partial charge on any atom is 0.297 e. The highest BCUT2D eigenvalue weighted by atomic mass is 19.1. The van der Waals surface area contributed by atoms with Crippen molar-refractivity contribution in [1.29, 1.82) is 0 Å². The summed E-state index contributed by atoms with van der Waals surface area (Å²) in [7, 11) is 4.46. The molecule has 0 radical (unpaired) electrons. The molecule has 2 amide bonds. The third-order valence-corrected chi connectivity index (χ3v) is 6.30. The minimum absolute atomic E-state index is 0.0941. The molecule has 3 aromatic rings. The number of hydrogen-bond donors (Lipinski definition) is 0. The number of carbonyl (C=O) groups excluding carboxylic acids is 3. The number of carbonyl (C=O) groups is 3. The van der Waals surface area contributed by atoms with Crippen LogP contribution in [0.15, 0.2) is 47.1 Å². The molecule has 1 fully saturated rings. The number of nitrogens with zero attached hydrogens (tertiary/aromatic N) is 2. The molecule has 0 aliphatic carbocycles. The van der Waals surface area contributed by atoms with Gasteiger partial charge in [0, 0.05) is 38.0 Å². The zero-order valence-electron chi connectivity index (χ0n) is 19.5. The van der Waals surface area contributed by atoms with Crippen molar-refractivity contribution in [1.82, 2.24) is 9.80 Å². The van der Waals surface area contributed by atoms with Gasteiger partial charge in [-0.05, 0) is 55.0 Å². The van der Waals surface area contributed by atoms with Crippen LogP contribution in [-0.2, 0) is 11.2 Å². The number of rotatable bonds is 6. The largest absolute Gasteiger partial charge is 0.496 e. The topological polar surface area (TPSA) is 80.1 Å². The number of likely N-dealkylation sites (tertiary alicyclic amines) is 1. The molecule has 2 aromatic carbocycles. The molecule has 0 unspecified atom stereocenters. The fourth-order valence-electron chi connectivity index (χ4n) is 4.35. The number of halogens is 1. The molecule has 0 saturated carbocycles. The van der Waals surface area contributed by atoms with E-state index in [1.807, 2.05) is 0 Å². The Hall–Kier alpha value is -3.68. The Morgan fingerprint density at radius 2 is 1.79 bits per heavy atom. The highest BCUT2D eigenvalue weighted by Crippen LogP contribution is 2.32. The lowest BCUT2D eigenvalue weighted by Crippen LogP contribution is -2.39. The van der Waals surface area contributed by atoms with Crippen LogP contribution >= 0.6 is 0 Å². The summed E-state index contributed by atoms with van der Waals surface area (Å²) < 4.78 is 24.0. The summed E-state index contributed by atoms with van der Waals surface area (Å²) in [6, 6.07) is 9.76. The minimum atomic E-state index is -0.773. The summed E-state index contributed by atoms with van der Waals surface area (Å²) in [6.07, 6.45) is 3.89. The van der Waals surface area contributed by atoms with Crippen molar-refractivity contribution >= 4 is 28.4 Å². The molecule has 0 atom stereocenters. The SMILES string of the molecule is COc1cc2coc(C(=O)C(=O)N(C)C)c2cc1C(=O)N1CCC(Cc2ccc(F)cc2)CC1. The molecule has 1 aliphatic rings. The first-order valence-electron chi connectivity index (χ1n) is 11.2. The number of ether oxygens (including phenoxy) is 1. The zero-order chi connectivity index (χ0) is 24.4. The number of Topliss-reactive ketones (excluding diaryl/α,β-unsaturated/α-hetero) is 1. The number of furan rings is 1. The third-order valence-electron chi connectivity index (χ3n) is 6.30. The number of hydrogen-bond acceptors (Lipinski definition) is 5. The summed E-state index contributed by atoms with van der Waals surface area (Å²) >= 11 is 0. The van der Waals surface area contributed by atoms with Crippen LogP contribution in [0.2, 0.25) is 0 Å². The monoisotopic (exact) mass is 466 g/mol. The predicted octanol–water partition coefficient (Wildman–Crippen LogP) is 3.95. The maximum atomic E-state index is 13.4. The van der Waals surface area contributed by atoms with Gasteiger partial charge in [0.05, 0.1) is 18.9 Å². The van der Waals surface area contributed by atoms with Gasteiger partial charge in [-0.2, -0.15) is 0 Å². The molecular formula is C26H27FN2O5. The van der Waals surface area contributed by atoms with E-state index < -0.39 is 11.7 Å². The number of methoxy groups -OCH3 is 1. The van der Waals surface area contributed by atoms with Crippen LogP contribution in [0.25, 0.3) is 10.8 Å². The molecule has 1 aliphatic heterocycles. The summed E-state index contributed by atoms with van der Waals surface area (Å²) in [6.45, 7) is 1.17. The lowest BCUT2D eigenvalue weighted by atomic mass is 9.90. The van der Waals surface area contributed by atoms with Gasteiger partial charge >= 0.3 is 0 Å². The van der Waals surface area contributed by atoms with Gasteiger partial charge in [0.25, 0.3) is 17.6 Å². The average molecular weight is 467 g/mol. The summed E-state index contributed by atoms with van der Waals surface area (Å²) in [5, 5.41) is 0.969. The number of likely N-dealkylation sites (N-methyl/N-ethyl adjacent to an activating group) is 1. The van der Waals surface area contributed by atoms with Crippen LogP contribution in [0.3, 0.4) is 0 Å². The molecule has 2 heterocycles. The fraction of sp³-hybridized carbons (Fsp3) is 0.346. The van der Waals surface area contributed by atoms with Crippen molar-refractivity contribution in [3.8, 4) is 5.75 Å². The zero-order valence-corrected chi connectivity index (χ0v) is 19.5. The van der Waals surface area contributed by atoms with E-state index in [0.717, 1.165) is 24.8 Å². The predicted molar refractivity (Wildman–Crippen MR) is 125 cm³/mol. The van der Waals surface area contributed by atoms with Crippen LogP contribution < -0.4 is 4.74 Å². The highest BCUT2D eigenvalue weighted by Gasteiger charge is 2.29. The Balaban J connectivity index is 1.52. The van der Waals surface area contributed by atoms with Crippen LogP contribution in [0.1, 0.15) is 39.3 Å². The molecule has 1 aromatic heterocycles. The van der Waals surface area contributed by atoms with E-state index in [4.69, 9.17) is 9.15 Å². The molecule has 0 spiro atoms. The van der Waals surface area contributed by atoms with E-state index in [1.54, 1.807) is 29.2 Å². The van der Waals surface area contributed by atoms with E-state index in [9.17, 15) is 18.8 Å². The van der Waals surface area contributed by atoms with Gasteiger partial charge in [0.2, 0.25) is 0 Å². The van der Waals surface area contributed by atoms with E-state index in [-0.39, 0.29) is 17.5 Å². The van der Waals surface area contributed by atoms with E-state index in [1.165, 1.54) is 44.5 Å². The lowest BCUT2D eigenvalue weighted by molar-refractivity contribution is -0.124. The van der Waals surface area contributed by atoms with E-state index in [2.05, 4.69) is 0 Å². The average Bonchev–Trinajstić information content (AvgIpc) is 3.26. The van der Waals surface area contributed by atoms with Crippen LogP contribution in [0.5, 0.6) is 5.75 Å². The number of ketones is 1. The quantitative estimate of drug-likeness (QED) is 0.406. The third kappa shape index (κ3) is 4.66. The van der Waals surface area contributed by atoms with Crippen LogP contribution in [-0.4, -0.2) is 61.7 Å². The number of fused-ring (bicyclic) bond motifs is 1. The molecule has 178 valence electrons. The maximum absolute atomic E-state index is 13.4. The van der Waals surface area contributed by atoms with Gasteiger partial charge in [-0.15, -0.1) is 0 Å². The molecule has 0 bridgehead atoms. The van der Waals surface area contributed by atoms with Crippen molar-refractivity contribution < 1.29 is 27.9 Å². The van der Waals surface area contributed by atoms with Gasteiger partial charge in [0.15, 0.2) is 5.76 Å².